The summed E-state index contributed by atoms with van der Waals surface area (Å²) >= 11 is 15.8. The molecule has 0 saturated carbocycles. The maximum Gasteiger partial charge on any atom is 0.263 e. The van der Waals surface area contributed by atoms with Gasteiger partial charge in [-0.05, 0) is 91.0 Å². The van der Waals surface area contributed by atoms with E-state index in [4.69, 9.17) is 33.9 Å². The largest absolute Gasteiger partial charge is 0.276 e. The van der Waals surface area contributed by atoms with Crippen LogP contribution in [0.2, 0.25) is 0 Å². The Bertz CT molecular complexity index is 661. The van der Waals surface area contributed by atoms with Gasteiger partial charge in [-0.3, -0.25) is 9.59 Å². The van der Waals surface area contributed by atoms with Crippen LogP contribution in [0.3, 0.4) is 0 Å². The Morgan fingerprint density at radius 1 is 0.842 bits per heavy atom. The quantitative estimate of drug-likeness (QED) is 0.356. The first kappa shape index (κ1) is 18.6. The van der Waals surface area contributed by atoms with E-state index in [9.17, 15) is 18.0 Å². The van der Waals surface area contributed by atoms with Gasteiger partial charge >= 0.3 is 0 Å². The molecule has 0 aliphatic carbocycles. The van der Waals surface area contributed by atoms with Gasteiger partial charge in [-0.2, -0.15) is 0 Å². The van der Waals surface area contributed by atoms with Crippen molar-refractivity contribution in [2.24, 2.45) is 0 Å². The second-order valence-corrected chi connectivity index (χ2v) is 9.43. The third kappa shape index (κ3) is 3.86. The van der Waals surface area contributed by atoms with Crippen LogP contribution in [0.25, 0.3) is 0 Å². The molecule has 0 saturated heterocycles. The maximum absolute atomic E-state index is 11.6. The minimum Gasteiger partial charge on any atom is -0.276 e. The van der Waals surface area contributed by atoms with Crippen LogP contribution in [0.5, 0.6) is 0 Å². The van der Waals surface area contributed by atoms with Gasteiger partial charge in [0.05, 0.1) is 11.1 Å². The molecular weight excluding hydrogens is 679 g/mol. The van der Waals surface area contributed by atoms with E-state index in [1.54, 1.807) is 67.8 Å². The molecule has 0 aliphatic rings. The summed E-state index contributed by atoms with van der Waals surface area (Å²) in [6, 6.07) is 0. The highest BCUT2D eigenvalue weighted by molar-refractivity contribution is 14.1. The molecule has 11 heteroatoms. The fraction of sp³-hybridized carbons (Fsp3) is 0. The number of carbonyl (C=O) groups is 2. The first-order chi connectivity index (χ1) is 8.50. The van der Waals surface area contributed by atoms with Gasteiger partial charge in [0, 0.05) is 21.4 Å². The molecule has 0 amide bonds. The van der Waals surface area contributed by atoms with Crippen LogP contribution in [0, 0.1) is 10.7 Å². The third-order valence-corrected chi connectivity index (χ3v) is 7.62. The van der Waals surface area contributed by atoms with E-state index < -0.39 is 19.5 Å². The fourth-order valence-corrected chi connectivity index (χ4v) is 9.98. The average molecular weight is 679 g/mol. The highest BCUT2D eigenvalue weighted by Gasteiger charge is 2.31. The number of rotatable bonds is 3. The van der Waals surface area contributed by atoms with Gasteiger partial charge < -0.3 is 0 Å². The number of benzene rings is 1. The van der Waals surface area contributed by atoms with Crippen LogP contribution in [0.15, 0.2) is 4.90 Å². The summed E-state index contributed by atoms with van der Waals surface area (Å²) < 4.78 is 23.5. The SMILES string of the molecule is O=C(Cl)c1c(I)c(C(=O)Cl)c(I)c(S(=O)(=O)Cl)c1I. The third-order valence-electron chi connectivity index (χ3n) is 1.91. The van der Waals surface area contributed by atoms with Crippen molar-refractivity contribution in [3.63, 3.8) is 0 Å². The number of hydrogen-bond acceptors (Lipinski definition) is 4. The zero-order chi connectivity index (χ0) is 15.1. The van der Waals surface area contributed by atoms with Gasteiger partial charge in [-0.15, -0.1) is 0 Å². The second kappa shape index (κ2) is 6.77. The molecule has 1 aromatic rings. The minimum absolute atomic E-state index is 0.0584. The molecule has 0 aromatic heterocycles. The zero-order valence-corrected chi connectivity index (χ0v) is 17.9. The van der Waals surface area contributed by atoms with Gasteiger partial charge in [0.1, 0.15) is 4.90 Å². The van der Waals surface area contributed by atoms with Crippen molar-refractivity contribution in [2.75, 3.05) is 0 Å². The lowest BCUT2D eigenvalue weighted by molar-refractivity contribution is 0.107. The Labute approximate surface area is 163 Å². The maximum atomic E-state index is 11.6. The van der Waals surface area contributed by atoms with E-state index >= 15 is 0 Å². The smallest absolute Gasteiger partial charge is 0.263 e. The summed E-state index contributed by atoms with van der Waals surface area (Å²) in [6.07, 6.45) is 0. The monoisotopic (exact) mass is 678 g/mol. The summed E-state index contributed by atoms with van der Waals surface area (Å²) in [6.45, 7) is 0. The van der Waals surface area contributed by atoms with Crippen molar-refractivity contribution in [2.45, 2.75) is 4.90 Å². The van der Waals surface area contributed by atoms with Crippen LogP contribution in [-0.4, -0.2) is 18.9 Å². The summed E-state index contributed by atoms with van der Waals surface area (Å²) in [5.74, 6) is 0. The Balaban J connectivity index is 4.08. The lowest BCUT2D eigenvalue weighted by Crippen LogP contribution is -2.13. The standard InChI is InChI=1S/C8Cl3I3O4S/c9-7(15)1-3(12)2(8(10)16)5(14)6(4(1)13)19(11,17)18. The first-order valence-corrected chi connectivity index (χ1v) is 10.3. The van der Waals surface area contributed by atoms with Crippen molar-refractivity contribution in [1.82, 2.24) is 0 Å². The average Bonchev–Trinajstić information content (AvgIpc) is 2.12. The Morgan fingerprint density at radius 3 is 1.37 bits per heavy atom. The summed E-state index contributed by atoms with van der Waals surface area (Å²) in [5.41, 5.74) is -0.210. The van der Waals surface area contributed by atoms with E-state index in [0.717, 1.165) is 0 Å². The molecule has 19 heavy (non-hydrogen) atoms. The number of hydrogen-bond donors (Lipinski definition) is 0. The molecule has 0 atom stereocenters. The van der Waals surface area contributed by atoms with Crippen LogP contribution >= 0.6 is 102 Å². The lowest BCUT2D eigenvalue weighted by atomic mass is 10.1. The molecule has 0 N–H and O–H groups in total. The molecule has 0 unspecified atom stereocenters. The first-order valence-electron chi connectivity index (χ1n) is 4.04. The fourth-order valence-electron chi connectivity index (χ4n) is 1.20. The Kier molecular flexibility index (Phi) is 6.64. The van der Waals surface area contributed by atoms with E-state index in [0.29, 0.717) is 0 Å². The van der Waals surface area contributed by atoms with Gasteiger partial charge in [-0.25, -0.2) is 8.42 Å². The highest BCUT2D eigenvalue weighted by Crippen LogP contribution is 2.37. The molecule has 0 radical (unpaired) electrons. The molecule has 104 valence electrons. The van der Waals surface area contributed by atoms with Crippen molar-refractivity contribution < 1.29 is 18.0 Å². The van der Waals surface area contributed by atoms with E-state index in [1.165, 1.54) is 0 Å². The number of halogens is 6. The summed E-state index contributed by atoms with van der Waals surface area (Å²) in [4.78, 5) is 22.5. The van der Waals surface area contributed by atoms with Gasteiger partial charge in [0.2, 0.25) is 0 Å². The van der Waals surface area contributed by atoms with Gasteiger partial charge in [-0.1, -0.05) is 0 Å². The van der Waals surface area contributed by atoms with Crippen LogP contribution in [0.4, 0.5) is 0 Å². The molecule has 0 heterocycles. The van der Waals surface area contributed by atoms with E-state index in [1.807, 2.05) is 0 Å². The molecular formula is C8Cl3I3O4S. The second-order valence-electron chi connectivity index (χ2n) is 3.01. The predicted octanol–water partition coefficient (Wildman–Crippen LogP) is 4.19. The summed E-state index contributed by atoms with van der Waals surface area (Å²) in [5, 5.41) is -1.79. The van der Waals surface area contributed by atoms with Crippen LogP contribution in [-0.2, 0) is 9.05 Å². The van der Waals surface area contributed by atoms with Crippen molar-refractivity contribution in [1.29, 1.82) is 0 Å². The molecule has 0 bridgehead atoms. The molecule has 0 spiro atoms. The molecule has 1 aromatic carbocycles. The topological polar surface area (TPSA) is 68.3 Å². The zero-order valence-electron chi connectivity index (χ0n) is 8.31. The lowest BCUT2D eigenvalue weighted by Gasteiger charge is -2.13. The summed E-state index contributed by atoms with van der Waals surface area (Å²) in [7, 11) is 1.17. The Morgan fingerprint density at radius 2 is 1.16 bits per heavy atom. The van der Waals surface area contributed by atoms with Gasteiger partial charge in [0.25, 0.3) is 19.5 Å². The minimum atomic E-state index is -4.16. The van der Waals surface area contributed by atoms with Crippen molar-refractivity contribution >= 4 is 121 Å². The molecule has 4 nitrogen and oxygen atoms in total. The Hall–Kier alpha value is 1.57. The normalized spacial score (nSPS) is 11.5. The molecule has 0 fully saturated rings. The van der Waals surface area contributed by atoms with Crippen molar-refractivity contribution in [3.05, 3.63) is 21.8 Å². The number of carbonyl (C=O) groups excluding carboxylic acids is 2. The predicted molar refractivity (Wildman–Crippen MR) is 98.0 cm³/mol. The van der Waals surface area contributed by atoms with Crippen LogP contribution in [0.1, 0.15) is 20.7 Å². The van der Waals surface area contributed by atoms with Gasteiger partial charge in [0.15, 0.2) is 0 Å². The van der Waals surface area contributed by atoms with Crippen LogP contribution < -0.4 is 0 Å². The molecule has 0 aliphatic heterocycles. The van der Waals surface area contributed by atoms with Crippen molar-refractivity contribution in [3.8, 4) is 0 Å². The molecule has 1 rings (SSSR count). The van der Waals surface area contributed by atoms with E-state index in [2.05, 4.69) is 0 Å². The highest BCUT2D eigenvalue weighted by atomic mass is 127. The van der Waals surface area contributed by atoms with E-state index in [-0.39, 0.29) is 26.7 Å².